The Morgan fingerprint density at radius 1 is 1.18 bits per heavy atom. The standard InChI is InChI=1S/C27H27FN6O3S/c1-16(35)31-27-32-21-7-6-19(23(29)18-4-3-9-30-15-18)24(25(21)38-27)33(2)22-8-5-17(14-20(22)28)26(36)34-10-12-37-13-11-34/h3-5,8-9,14-15,29H,6-7,10-13H2,1-2H3,(H,31,32,35). The van der Waals surface area contributed by atoms with Crippen LogP contribution in [0.2, 0.25) is 0 Å². The molecular formula is C27H27FN6O3S. The fourth-order valence-electron chi connectivity index (χ4n) is 4.67. The van der Waals surface area contributed by atoms with E-state index in [2.05, 4.69) is 15.3 Å². The van der Waals surface area contributed by atoms with Crippen molar-refractivity contribution in [3.63, 3.8) is 0 Å². The summed E-state index contributed by atoms with van der Waals surface area (Å²) in [7, 11) is 1.74. The second-order valence-corrected chi connectivity index (χ2v) is 10.0. The number of aromatic nitrogens is 2. The maximum absolute atomic E-state index is 15.6. The van der Waals surface area contributed by atoms with Crippen LogP contribution in [0.4, 0.5) is 15.2 Å². The van der Waals surface area contributed by atoms with Gasteiger partial charge in [0, 0.05) is 56.2 Å². The van der Waals surface area contributed by atoms with Crippen LogP contribution in [-0.4, -0.2) is 65.7 Å². The highest BCUT2D eigenvalue weighted by Crippen LogP contribution is 2.42. The van der Waals surface area contributed by atoms with Crippen LogP contribution >= 0.6 is 11.3 Å². The Balaban J connectivity index is 1.55. The number of benzene rings is 1. The van der Waals surface area contributed by atoms with Gasteiger partial charge in [0.1, 0.15) is 5.82 Å². The number of hydrogen-bond donors (Lipinski definition) is 2. The van der Waals surface area contributed by atoms with Gasteiger partial charge in [0.2, 0.25) is 5.91 Å². The van der Waals surface area contributed by atoms with E-state index in [-0.39, 0.29) is 23.1 Å². The minimum atomic E-state index is -0.551. The minimum Gasteiger partial charge on any atom is -0.378 e. The molecule has 2 amide bonds. The molecule has 1 aromatic carbocycles. The van der Waals surface area contributed by atoms with E-state index in [0.29, 0.717) is 61.2 Å². The number of carbonyl (C=O) groups excluding carboxylic acids is 2. The van der Waals surface area contributed by atoms with Gasteiger partial charge in [-0.05, 0) is 43.2 Å². The van der Waals surface area contributed by atoms with E-state index < -0.39 is 5.82 Å². The van der Waals surface area contributed by atoms with Crippen molar-refractivity contribution in [1.29, 1.82) is 5.41 Å². The largest absolute Gasteiger partial charge is 0.378 e. The van der Waals surface area contributed by atoms with Crippen LogP contribution in [0.15, 0.2) is 48.3 Å². The molecule has 1 aliphatic heterocycles. The molecule has 3 heterocycles. The number of pyridine rings is 1. The van der Waals surface area contributed by atoms with Crippen LogP contribution in [0.3, 0.4) is 0 Å². The van der Waals surface area contributed by atoms with Crippen LogP contribution in [0.5, 0.6) is 0 Å². The number of morpholine rings is 1. The third kappa shape index (κ3) is 5.07. The van der Waals surface area contributed by atoms with Crippen molar-refractivity contribution in [2.24, 2.45) is 0 Å². The molecule has 38 heavy (non-hydrogen) atoms. The summed E-state index contributed by atoms with van der Waals surface area (Å²) in [4.78, 5) is 37.4. The molecule has 196 valence electrons. The smallest absolute Gasteiger partial charge is 0.254 e. The molecule has 9 nitrogen and oxygen atoms in total. The Morgan fingerprint density at radius 2 is 1.97 bits per heavy atom. The van der Waals surface area contributed by atoms with Crippen molar-refractivity contribution in [2.75, 3.05) is 43.6 Å². The molecule has 5 rings (SSSR count). The summed E-state index contributed by atoms with van der Waals surface area (Å²) in [5.74, 6) is -1.02. The van der Waals surface area contributed by atoms with Crippen molar-refractivity contribution >= 4 is 45.4 Å². The normalized spacial score (nSPS) is 15.2. The molecule has 2 aliphatic rings. The number of rotatable bonds is 6. The zero-order valence-corrected chi connectivity index (χ0v) is 21.9. The predicted molar refractivity (Wildman–Crippen MR) is 144 cm³/mol. The molecule has 0 spiro atoms. The molecule has 0 atom stereocenters. The number of anilines is 2. The second-order valence-electron chi connectivity index (χ2n) is 9.05. The van der Waals surface area contributed by atoms with Crippen molar-refractivity contribution in [2.45, 2.75) is 19.8 Å². The monoisotopic (exact) mass is 534 g/mol. The maximum Gasteiger partial charge on any atom is 0.254 e. The summed E-state index contributed by atoms with van der Waals surface area (Å²) in [6, 6.07) is 8.06. The number of hydrogen-bond acceptors (Lipinski definition) is 8. The number of allylic oxidation sites excluding steroid dienone is 1. The van der Waals surface area contributed by atoms with Crippen LogP contribution in [-0.2, 0) is 16.0 Å². The summed E-state index contributed by atoms with van der Waals surface area (Å²) in [6.07, 6.45) is 4.37. The van der Waals surface area contributed by atoms with E-state index >= 15 is 4.39 Å². The highest BCUT2D eigenvalue weighted by molar-refractivity contribution is 7.17. The summed E-state index contributed by atoms with van der Waals surface area (Å²) in [5.41, 5.74) is 3.61. The number of carbonyl (C=O) groups is 2. The molecule has 2 aromatic heterocycles. The van der Waals surface area contributed by atoms with Gasteiger partial charge in [0.15, 0.2) is 5.13 Å². The van der Waals surface area contributed by atoms with Crippen molar-refractivity contribution < 1.29 is 18.7 Å². The Labute approximate surface area is 223 Å². The lowest BCUT2D eigenvalue weighted by molar-refractivity contribution is -0.114. The van der Waals surface area contributed by atoms with E-state index in [4.69, 9.17) is 10.1 Å². The topological polar surface area (TPSA) is 112 Å². The van der Waals surface area contributed by atoms with E-state index in [1.165, 1.54) is 24.3 Å². The number of thiazole rings is 1. The number of nitrogens with one attached hydrogen (secondary N) is 2. The summed E-state index contributed by atoms with van der Waals surface area (Å²) in [5, 5.41) is 12.2. The van der Waals surface area contributed by atoms with Gasteiger partial charge in [0.25, 0.3) is 5.91 Å². The average Bonchev–Trinajstić information content (AvgIpc) is 3.34. The molecule has 0 saturated carbocycles. The Morgan fingerprint density at radius 3 is 2.66 bits per heavy atom. The first-order valence-electron chi connectivity index (χ1n) is 12.2. The molecule has 1 fully saturated rings. The Kier molecular flexibility index (Phi) is 7.30. The van der Waals surface area contributed by atoms with E-state index in [1.54, 1.807) is 47.4 Å². The molecule has 1 saturated heterocycles. The van der Waals surface area contributed by atoms with E-state index in [1.807, 2.05) is 6.07 Å². The van der Waals surface area contributed by atoms with Gasteiger partial charge < -0.3 is 19.9 Å². The first-order valence-corrected chi connectivity index (χ1v) is 13.1. The summed E-state index contributed by atoms with van der Waals surface area (Å²) >= 11 is 1.29. The highest BCUT2D eigenvalue weighted by atomic mass is 32.1. The number of aryl methyl sites for hydroxylation is 1. The van der Waals surface area contributed by atoms with Crippen molar-refractivity contribution in [1.82, 2.24) is 14.9 Å². The van der Waals surface area contributed by atoms with Gasteiger partial charge in [-0.3, -0.25) is 20.0 Å². The van der Waals surface area contributed by atoms with Crippen LogP contribution in [0.25, 0.3) is 5.70 Å². The lowest BCUT2D eigenvalue weighted by Gasteiger charge is -2.30. The minimum absolute atomic E-state index is 0.232. The van der Waals surface area contributed by atoms with Gasteiger partial charge in [-0.1, -0.05) is 11.3 Å². The fraction of sp³-hybridized carbons (Fsp3) is 0.296. The Bertz CT molecular complexity index is 1430. The Hall–Kier alpha value is -3.96. The molecule has 11 heteroatoms. The third-order valence-electron chi connectivity index (χ3n) is 6.53. The highest BCUT2D eigenvalue weighted by Gasteiger charge is 2.30. The van der Waals surface area contributed by atoms with E-state index in [0.717, 1.165) is 16.1 Å². The molecule has 1 aliphatic carbocycles. The number of halogens is 1. The average molecular weight is 535 g/mol. The van der Waals surface area contributed by atoms with E-state index in [9.17, 15) is 9.59 Å². The molecule has 0 radical (unpaired) electrons. The number of fused-ring (bicyclic) bond motifs is 1. The van der Waals surface area contributed by atoms with Gasteiger partial charge in [-0.25, -0.2) is 9.37 Å². The molecule has 2 N–H and O–H groups in total. The molecule has 0 unspecified atom stereocenters. The van der Waals surface area contributed by atoms with Crippen LogP contribution in [0.1, 0.15) is 39.8 Å². The molecule has 3 aromatic rings. The van der Waals surface area contributed by atoms with Gasteiger partial charge in [-0.2, -0.15) is 0 Å². The van der Waals surface area contributed by atoms with Gasteiger partial charge in [0.05, 0.1) is 40.9 Å². The van der Waals surface area contributed by atoms with Crippen LogP contribution < -0.4 is 10.2 Å². The van der Waals surface area contributed by atoms with Crippen LogP contribution in [0, 0.1) is 11.2 Å². The lowest BCUT2D eigenvalue weighted by Crippen LogP contribution is -2.40. The van der Waals surface area contributed by atoms with Crippen molar-refractivity contribution in [3.8, 4) is 0 Å². The first kappa shape index (κ1) is 25.7. The fourth-order valence-corrected chi connectivity index (χ4v) is 5.84. The van der Waals surface area contributed by atoms with Crippen molar-refractivity contribution in [3.05, 3.63) is 75.8 Å². The summed E-state index contributed by atoms with van der Waals surface area (Å²) in [6.45, 7) is 3.29. The maximum atomic E-state index is 15.6. The zero-order valence-electron chi connectivity index (χ0n) is 21.1. The predicted octanol–water partition coefficient (Wildman–Crippen LogP) is 3.97. The first-order chi connectivity index (χ1) is 18.3. The number of ether oxygens (including phenoxy) is 1. The quantitative estimate of drug-likeness (QED) is 0.463. The second kappa shape index (κ2) is 10.8. The zero-order chi connectivity index (χ0) is 26.8. The number of amides is 2. The van der Waals surface area contributed by atoms with Gasteiger partial charge in [-0.15, -0.1) is 0 Å². The third-order valence-corrected chi connectivity index (χ3v) is 7.55. The SMILES string of the molecule is CC(=O)Nc1nc2c(s1)C(N(C)c1ccc(C(=O)N3CCOCC3)cc1F)=C(C(=N)c1cccnc1)CC2. The molecular weight excluding hydrogens is 507 g/mol. The van der Waals surface area contributed by atoms with Gasteiger partial charge >= 0.3 is 0 Å². The number of nitrogens with zero attached hydrogens (tertiary/aromatic N) is 4. The summed E-state index contributed by atoms with van der Waals surface area (Å²) < 4.78 is 20.9. The lowest BCUT2D eigenvalue weighted by atomic mass is 9.91. The molecule has 0 bridgehead atoms.